The van der Waals surface area contributed by atoms with E-state index in [1.807, 2.05) is 0 Å². The van der Waals surface area contributed by atoms with Crippen LogP contribution >= 0.6 is 0 Å². The van der Waals surface area contributed by atoms with Gasteiger partial charge in [0.05, 0.1) is 6.54 Å². The number of halogens is 2. The summed E-state index contributed by atoms with van der Waals surface area (Å²) in [4.78, 5) is 34.8. The predicted molar refractivity (Wildman–Crippen MR) is 99.6 cm³/mol. The molecule has 152 valence electrons. The summed E-state index contributed by atoms with van der Waals surface area (Å²) in [6, 6.07) is 3.41. The van der Waals surface area contributed by atoms with Crippen LogP contribution in [0.1, 0.15) is 39.9 Å². The van der Waals surface area contributed by atoms with Crippen LogP contribution in [-0.4, -0.2) is 39.7 Å². The summed E-state index contributed by atoms with van der Waals surface area (Å²) in [7, 11) is 0. The quantitative estimate of drug-likeness (QED) is 0.770. The Kier molecular flexibility index (Phi) is 5.12. The SMILES string of the molecule is Cc1cc(CN2Cc3c(ccnc3NC(=O)C3CC3)C2=O)cnc1OCC(F)F. The Morgan fingerprint density at radius 3 is 2.86 bits per heavy atom. The number of fused-ring (bicyclic) bond motifs is 1. The zero-order valence-electron chi connectivity index (χ0n) is 15.8. The lowest BCUT2D eigenvalue weighted by atomic mass is 10.1. The van der Waals surface area contributed by atoms with Crippen molar-refractivity contribution in [3.63, 3.8) is 0 Å². The highest BCUT2D eigenvalue weighted by Gasteiger charge is 2.33. The Morgan fingerprint density at radius 2 is 2.17 bits per heavy atom. The molecule has 1 N–H and O–H groups in total. The van der Waals surface area contributed by atoms with Crippen molar-refractivity contribution in [2.24, 2.45) is 5.92 Å². The Bertz CT molecular complexity index is 963. The van der Waals surface area contributed by atoms with Crippen molar-refractivity contribution in [1.82, 2.24) is 14.9 Å². The minimum absolute atomic E-state index is 0.0423. The molecule has 1 saturated carbocycles. The van der Waals surface area contributed by atoms with E-state index in [1.54, 1.807) is 24.0 Å². The first-order valence-corrected chi connectivity index (χ1v) is 9.37. The minimum atomic E-state index is -2.57. The number of pyridine rings is 2. The highest BCUT2D eigenvalue weighted by molar-refractivity contribution is 6.01. The van der Waals surface area contributed by atoms with E-state index in [1.165, 1.54) is 12.4 Å². The van der Waals surface area contributed by atoms with E-state index in [9.17, 15) is 18.4 Å². The van der Waals surface area contributed by atoms with E-state index in [-0.39, 0.29) is 23.6 Å². The van der Waals surface area contributed by atoms with E-state index in [0.29, 0.717) is 35.6 Å². The lowest BCUT2D eigenvalue weighted by Crippen LogP contribution is -2.23. The molecule has 1 aliphatic heterocycles. The van der Waals surface area contributed by atoms with Gasteiger partial charge >= 0.3 is 0 Å². The third-order valence-electron chi connectivity index (χ3n) is 4.92. The summed E-state index contributed by atoms with van der Waals surface area (Å²) >= 11 is 0. The zero-order valence-corrected chi connectivity index (χ0v) is 15.8. The third-order valence-corrected chi connectivity index (χ3v) is 4.92. The average molecular weight is 402 g/mol. The maximum absolute atomic E-state index is 12.8. The summed E-state index contributed by atoms with van der Waals surface area (Å²) in [5.41, 5.74) is 2.59. The second-order valence-corrected chi connectivity index (χ2v) is 7.28. The molecular formula is C20H20F2N4O3. The number of rotatable bonds is 7. The van der Waals surface area contributed by atoms with Crippen LogP contribution in [0.4, 0.5) is 14.6 Å². The Labute approximate surface area is 166 Å². The zero-order chi connectivity index (χ0) is 20.5. The molecule has 1 fully saturated rings. The molecule has 0 aromatic carbocycles. The third kappa shape index (κ3) is 4.18. The molecular weight excluding hydrogens is 382 g/mol. The molecule has 4 rings (SSSR count). The predicted octanol–water partition coefficient (Wildman–Crippen LogP) is 2.93. The number of anilines is 1. The fourth-order valence-electron chi connectivity index (χ4n) is 3.31. The van der Waals surface area contributed by atoms with Crippen LogP contribution < -0.4 is 10.1 Å². The van der Waals surface area contributed by atoms with Crippen LogP contribution in [-0.2, 0) is 17.9 Å². The van der Waals surface area contributed by atoms with Crippen molar-refractivity contribution in [2.45, 2.75) is 39.3 Å². The topological polar surface area (TPSA) is 84.4 Å². The fraction of sp³-hybridized carbons (Fsp3) is 0.400. The van der Waals surface area contributed by atoms with Crippen LogP contribution in [0.2, 0.25) is 0 Å². The molecule has 0 bridgehead atoms. The smallest absolute Gasteiger partial charge is 0.272 e. The number of nitrogens with zero attached hydrogens (tertiary/aromatic N) is 3. The number of hydrogen-bond donors (Lipinski definition) is 1. The van der Waals surface area contributed by atoms with Gasteiger partial charge in [-0.15, -0.1) is 0 Å². The fourth-order valence-corrected chi connectivity index (χ4v) is 3.31. The minimum Gasteiger partial charge on any atom is -0.471 e. The van der Waals surface area contributed by atoms with Gasteiger partial charge < -0.3 is 15.0 Å². The molecule has 0 saturated heterocycles. The van der Waals surface area contributed by atoms with Crippen LogP contribution in [0.15, 0.2) is 24.5 Å². The van der Waals surface area contributed by atoms with E-state index >= 15 is 0 Å². The van der Waals surface area contributed by atoms with Gasteiger partial charge in [-0.05, 0) is 37.5 Å². The van der Waals surface area contributed by atoms with Gasteiger partial charge in [-0.2, -0.15) is 0 Å². The maximum atomic E-state index is 12.8. The molecule has 9 heteroatoms. The van der Waals surface area contributed by atoms with Crippen molar-refractivity contribution >= 4 is 17.6 Å². The van der Waals surface area contributed by atoms with E-state index in [2.05, 4.69) is 15.3 Å². The van der Waals surface area contributed by atoms with Gasteiger partial charge in [-0.25, -0.2) is 18.7 Å². The molecule has 1 aliphatic carbocycles. The van der Waals surface area contributed by atoms with Crippen molar-refractivity contribution in [1.29, 1.82) is 0 Å². The highest BCUT2D eigenvalue weighted by Crippen LogP contribution is 2.33. The number of carbonyl (C=O) groups is 2. The molecule has 0 spiro atoms. The average Bonchev–Trinajstić information content (AvgIpc) is 3.48. The van der Waals surface area contributed by atoms with Crippen LogP contribution in [0.25, 0.3) is 0 Å². The number of ether oxygens (including phenoxy) is 1. The molecule has 2 aliphatic rings. The van der Waals surface area contributed by atoms with E-state index in [4.69, 9.17) is 4.74 Å². The summed E-state index contributed by atoms with van der Waals surface area (Å²) in [6.07, 6.45) is 2.23. The first kappa shape index (κ1) is 19.2. The number of carbonyl (C=O) groups excluding carboxylic acids is 2. The molecule has 0 atom stereocenters. The van der Waals surface area contributed by atoms with Crippen LogP contribution in [0.5, 0.6) is 5.88 Å². The molecule has 2 amide bonds. The van der Waals surface area contributed by atoms with Gasteiger partial charge in [0.2, 0.25) is 11.8 Å². The first-order valence-electron chi connectivity index (χ1n) is 9.37. The molecule has 0 radical (unpaired) electrons. The van der Waals surface area contributed by atoms with Crippen molar-refractivity contribution < 1.29 is 23.1 Å². The van der Waals surface area contributed by atoms with Crippen LogP contribution in [0.3, 0.4) is 0 Å². The maximum Gasteiger partial charge on any atom is 0.272 e. The monoisotopic (exact) mass is 402 g/mol. The van der Waals surface area contributed by atoms with Crippen molar-refractivity contribution in [3.05, 3.63) is 46.8 Å². The second kappa shape index (κ2) is 7.73. The van der Waals surface area contributed by atoms with Gasteiger partial charge in [0.25, 0.3) is 12.3 Å². The molecule has 3 heterocycles. The number of nitrogens with one attached hydrogen (secondary N) is 1. The van der Waals surface area contributed by atoms with E-state index < -0.39 is 13.0 Å². The number of alkyl halides is 2. The summed E-state index contributed by atoms with van der Waals surface area (Å²) in [5.74, 6) is 0.413. The summed E-state index contributed by atoms with van der Waals surface area (Å²) in [5, 5.41) is 2.83. The Balaban J connectivity index is 1.47. The molecule has 29 heavy (non-hydrogen) atoms. The summed E-state index contributed by atoms with van der Waals surface area (Å²) in [6.45, 7) is 1.63. The van der Waals surface area contributed by atoms with Crippen molar-refractivity contribution in [3.8, 4) is 5.88 Å². The van der Waals surface area contributed by atoms with Gasteiger partial charge in [0.15, 0.2) is 6.61 Å². The number of aryl methyl sites for hydroxylation is 1. The first-order chi connectivity index (χ1) is 13.9. The Hall–Kier alpha value is -3.10. The molecule has 2 aromatic heterocycles. The lowest BCUT2D eigenvalue weighted by Gasteiger charge is -2.16. The summed E-state index contributed by atoms with van der Waals surface area (Å²) < 4.78 is 29.6. The van der Waals surface area contributed by atoms with Crippen LogP contribution in [0, 0.1) is 12.8 Å². The number of hydrogen-bond acceptors (Lipinski definition) is 5. The second-order valence-electron chi connectivity index (χ2n) is 7.28. The molecule has 7 nitrogen and oxygen atoms in total. The highest BCUT2D eigenvalue weighted by atomic mass is 19.3. The van der Waals surface area contributed by atoms with Crippen molar-refractivity contribution in [2.75, 3.05) is 11.9 Å². The van der Waals surface area contributed by atoms with Gasteiger partial charge in [-0.3, -0.25) is 9.59 Å². The molecule has 0 unspecified atom stereocenters. The van der Waals surface area contributed by atoms with Gasteiger partial charge in [0.1, 0.15) is 5.82 Å². The van der Waals surface area contributed by atoms with Gasteiger partial charge in [-0.1, -0.05) is 0 Å². The Morgan fingerprint density at radius 1 is 1.38 bits per heavy atom. The number of amides is 2. The molecule has 2 aromatic rings. The van der Waals surface area contributed by atoms with Gasteiger partial charge in [0, 0.05) is 41.5 Å². The normalized spacial score (nSPS) is 15.6. The largest absolute Gasteiger partial charge is 0.471 e. The number of aromatic nitrogens is 2. The lowest BCUT2D eigenvalue weighted by molar-refractivity contribution is -0.117. The standard InChI is InChI=1S/C20H20F2N4O3/c1-11-6-12(7-24-19(11)29-10-16(21)22)8-26-9-15-14(20(26)28)4-5-23-17(15)25-18(27)13-2-3-13/h4-7,13,16H,2-3,8-10H2,1H3,(H,23,25,27). The van der Waals surface area contributed by atoms with E-state index in [0.717, 1.165) is 18.4 Å².